The van der Waals surface area contributed by atoms with Gasteiger partial charge >= 0.3 is 0 Å². The molecule has 2 aromatic rings. The average Bonchev–Trinajstić information content (AvgIpc) is 2.56. The molecule has 0 bridgehead atoms. The number of benzene rings is 2. The molecule has 0 heterocycles. The number of hydrogen-bond acceptors (Lipinski definition) is 2. The molecule has 1 aliphatic rings. The maximum Gasteiger partial charge on any atom is 0.255 e. The van der Waals surface area contributed by atoms with Crippen LogP contribution in [-0.2, 0) is 6.61 Å². The van der Waals surface area contributed by atoms with Gasteiger partial charge in [-0.1, -0.05) is 49.1 Å². The van der Waals surface area contributed by atoms with Crippen molar-refractivity contribution in [1.29, 1.82) is 0 Å². The molecule has 1 fully saturated rings. The smallest absolute Gasteiger partial charge is 0.255 e. The van der Waals surface area contributed by atoms with Gasteiger partial charge in [0.2, 0.25) is 0 Å². The summed E-state index contributed by atoms with van der Waals surface area (Å²) in [6.07, 6.45) is 5.08. The summed E-state index contributed by atoms with van der Waals surface area (Å²) in [5.74, 6) is 0.538. The SMILES string of the molecule is C=Cc1ccc(C(=O)NC2CCC2)c(OCc2ccccc2)c1. The van der Waals surface area contributed by atoms with Crippen LogP contribution in [-0.4, -0.2) is 11.9 Å². The van der Waals surface area contributed by atoms with E-state index in [1.54, 1.807) is 6.08 Å². The molecular formula is C20H21NO2. The molecule has 118 valence electrons. The Hall–Kier alpha value is -2.55. The van der Waals surface area contributed by atoms with E-state index in [-0.39, 0.29) is 5.91 Å². The summed E-state index contributed by atoms with van der Waals surface area (Å²) in [5, 5.41) is 3.06. The van der Waals surface area contributed by atoms with Gasteiger partial charge in [-0.05, 0) is 42.5 Å². The molecule has 0 saturated heterocycles. The molecule has 0 spiro atoms. The highest BCUT2D eigenvalue weighted by Gasteiger charge is 2.22. The highest BCUT2D eigenvalue weighted by molar-refractivity contribution is 5.97. The van der Waals surface area contributed by atoms with E-state index in [9.17, 15) is 4.79 Å². The molecular weight excluding hydrogens is 286 g/mol. The zero-order valence-electron chi connectivity index (χ0n) is 13.1. The second kappa shape index (κ2) is 7.14. The molecule has 3 rings (SSSR count). The first-order valence-corrected chi connectivity index (χ1v) is 8.00. The van der Waals surface area contributed by atoms with Gasteiger partial charge in [0.05, 0.1) is 5.56 Å². The highest BCUT2D eigenvalue weighted by atomic mass is 16.5. The van der Waals surface area contributed by atoms with Crippen LogP contribution in [0.3, 0.4) is 0 Å². The molecule has 0 unspecified atom stereocenters. The first-order chi connectivity index (χ1) is 11.3. The van der Waals surface area contributed by atoms with Gasteiger partial charge in [0.15, 0.2) is 0 Å². The van der Waals surface area contributed by atoms with E-state index in [1.165, 1.54) is 6.42 Å². The Balaban J connectivity index is 1.77. The average molecular weight is 307 g/mol. The number of carbonyl (C=O) groups excluding carboxylic acids is 1. The van der Waals surface area contributed by atoms with Crippen molar-refractivity contribution in [2.75, 3.05) is 0 Å². The first kappa shape index (κ1) is 15.3. The summed E-state index contributed by atoms with van der Waals surface area (Å²) < 4.78 is 5.91. The zero-order chi connectivity index (χ0) is 16.1. The van der Waals surface area contributed by atoms with Crippen LogP contribution >= 0.6 is 0 Å². The normalized spacial score (nSPS) is 13.9. The topological polar surface area (TPSA) is 38.3 Å². The van der Waals surface area contributed by atoms with Gasteiger partial charge in [0.1, 0.15) is 12.4 Å². The van der Waals surface area contributed by atoms with E-state index < -0.39 is 0 Å². The molecule has 1 N–H and O–H groups in total. The van der Waals surface area contributed by atoms with Crippen molar-refractivity contribution in [2.24, 2.45) is 0 Å². The molecule has 2 aromatic carbocycles. The van der Waals surface area contributed by atoms with Crippen molar-refractivity contribution >= 4 is 12.0 Å². The van der Waals surface area contributed by atoms with Gasteiger partial charge in [-0.15, -0.1) is 0 Å². The lowest BCUT2D eigenvalue weighted by atomic mass is 9.93. The van der Waals surface area contributed by atoms with Crippen LogP contribution in [0.25, 0.3) is 6.08 Å². The minimum absolute atomic E-state index is 0.0617. The molecule has 0 atom stereocenters. The van der Waals surface area contributed by atoms with E-state index in [4.69, 9.17) is 4.74 Å². The molecule has 1 aliphatic carbocycles. The van der Waals surface area contributed by atoms with Crippen molar-refractivity contribution in [3.63, 3.8) is 0 Å². The fourth-order valence-electron chi connectivity index (χ4n) is 2.52. The van der Waals surface area contributed by atoms with Gasteiger partial charge in [-0.25, -0.2) is 0 Å². The summed E-state index contributed by atoms with van der Waals surface area (Å²) in [4.78, 5) is 12.5. The molecule has 1 amide bonds. The van der Waals surface area contributed by atoms with Crippen LogP contribution < -0.4 is 10.1 Å². The lowest BCUT2D eigenvalue weighted by Crippen LogP contribution is -2.39. The van der Waals surface area contributed by atoms with Crippen molar-refractivity contribution < 1.29 is 9.53 Å². The summed E-state index contributed by atoms with van der Waals surface area (Å²) in [6, 6.07) is 15.8. The van der Waals surface area contributed by atoms with Gasteiger partial charge in [0, 0.05) is 6.04 Å². The summed E-state index contributed by atoms with van der Waals surface area (Å²) in [6.45, 7) is 4.22. The van der Waals surface area contributed by atoms with E-state index in [0.29, 0.717) is 24.0 Å². The quantitative estimate of drug-likeness (QED) is 0.869. The maximum absolute atomic E-state index is 12.5. The van der Waals surface area contributed by atoms with Crippen molar-refractivity contribution in [1.82, 2.24) is 5.32 Å². The Morgan fingerprint density at radius 1 is 1.22 bits per heavy atom. The third-order valence-electron chi connectivity index (χ3n) is 4.16. The number of carbonyl (C=O) groups is 1. The van der Waals surface area contributed by atoms with Crippen LogP contribution in [0, 0.1) is 0 Å². The fourth-order valence-corrected chi connectivity index (χ4v) is 2.52. The number of nitrogens with one attached hydrogen (secondary N) is 1. The van der Waals surface area contributed by atoms with E-state index in [2.05, 4.69) is 11.9 Å². The second-order valence-corrected chi connectivity index (χ2v) is 5.84. The standard InChI is InChI=1S/C20H21NO2/c1-2-15-11-12-18(20(22)21-17-9-6-10-17)19(13-15)23-14-16-7-4-3-5-8-16/h2-5,7-8,11-13,17H,1,6,9-10,14H2,(H,21,22). The Morgan fingerprint density at radius 3 is 2.65 bits per heavy atom. The lowest BCUT2D eigenvalue weighted by molar-refractivity contribution is 0.0912. The number of rotatable bonds is 6. The third-order valence-corrected chi connectivity index (χ3v) is 4.16. The van der Waals surface area contributed by atoms with Gasteiger partial charge in [0.25, 0.3) is 5.91 Å². The molecule has 0 aliphatic heterocycles. The molecule has 3 heteroatoms. The zero-order valence-corrected chi connectivity index (χ0v) is 13.1. The Kier molecular flexibility index (Phi) is 4.77. The number of hydrogen-bond donors (Lipinski definition) is 1. The summed E-state index contributed by atoms with van der Waals surface area (Å²) in [5.41, 5.74) is 2.59. The van der Waals surface area contributed by atoms with Gasteiger partial charge in [-0.3, -0.25) is 4.79 Å². The Labute approximate surface area is 137 Å². The van der Waals surface area contributed by atoms with Crippen LogP contribution in [0.1, 0.15) is 40.7 Å². The fraction of sp³-hybridized carbons (Fsp3) is 0.250. The van der Waals surface area contributed by atoms with Crippen molar-refractivity contribution in [3.8, 4) is 5.75 Å². The molecule has 0 radical (unpaired) electrons. The summed E-state index contributed by atoms with van der Waals surface area (Å²) >= 11 is 0. The monoisotopic (exact) mass is 307 g/mol. The van der Waals surface area contributed by atoms with Crippen LogP contribution in [0.5, 0.6) is 5.75 Å². The minimum Gasteiger partial charge on any atom is -0.488 e. The summed E-state index contributed by atoms with van der Waals surface area (Å²) in [7, 11) is 0. The van der Waals surface area contributed by atoms with Crippen LogP contribution in [0.2, 0.25) is 0 Å². The highest BCUT2D eigenvalue weighted by Crippen LogP contribution is 2.24. The third kappa shape index (κ3) is 3.81. The van der Waals surface area contributed by atoms with E-state index in [0.717, 1.165) is 24.0 Å². The number of amides is 1. The van der Waals surface area contributed by atoms with Gasteiger partial charge < -0.3 is 10.1 Å². The first-order valence-electron chi connectivity index (χ1n) is 8.00. The second-order valence-electron chi connectivity index (χ2n) is 5.84. The van der Waals surface area contributed by atoms with Crippen LogP contribution in [0.4, 0.5) is 0 Å². The minimum atomic E-state index is -0.0617. The molecule has 0 aromatic heterocycles. The molecule has 1 saturated carbocycles. The number of ether oxygens (including phenoxy) is 1. The lowest BCUT2D eigenvalue weighted by Gasteiger charge is -2.26. The van der Waals surface area contributed by atoms with E-state index >= 15 is 0 Å². The predicted octanol–water partition coefficient (Wildman–Crippen LogP) is 4.19. The van der Waals surface area contributed by atoms with Crippen molar-refractivity contribution in [2.45, 2.75) is 31.9 Å². The van der Waals surface area contributed by atoms with Crippen LogP contribution in [0.15, 0.2) is 55.1 Å². The van der Waals surface area contributed by atoms with Crippen molar-refractivity contribution in [3.05, 3.63) is 71.8 Å². The maximum atomic E-state index is 12.5. The predicted molar refractivity (Wildman–Crippen MR) is 92.4 cm³/mol. The molecule has 3 nitrogen and oxygen atoms in total. The Bertz CT molecular complexity index is 690. The molecule has 23 heavy (non-hydrogen) atoms. The van der Waals surface area contributed by atoms with Gasteiger partial charge in [-0.2, -0.15) is 0 Å². The Morgan fingerprint density at radius 2 is 2.00 bits per heavy atom. The largest absolute Gasteiger partial charge is 0.488 e. The van der Waals surface area contributed by atoms with E-state index in [1.807, 2.05) is 48.5 Å².